The van der Waals surface area contributed by atoms with Gasteiger partial charge < -0.3 is 10.4 Å². The highest BCUT2D eigenvalue weighted by molar-refractivity contribution is 14.1. The van der Waals surface area contributed by atoms with E-state index >= 15 is 0 Å². The number of hydrogen-bond acceptors (Lipinski definition) is 2. The van der Waals surface area contributed by atoms with Gasteiger partial charge in [-0.05, 0) is 65.1 Å². The van der Waals surface area contributed by atoms with Gasteiger partial charge in [-0.15, -0.1) is 0 Å². The lowest BCUT2D eigenvalue weighted by Gasteiger charge is -2.07. The second-order valence-electron chi connectivity index (χ2n) is 3.96. The van der Waals surface area contributed by atoms with Gasteiger partial charge in [0.25, 0.3) is 5.91 Å². The first-order valence-electron chi connectivity index (χ1n) is 5.57. The molecule has 2 rings (SSSR count). The van der Waals surface area contributed by atoms with Crippen molar-refractivity contribution in [2.75, 3.05) is 5.32 Å². The molecular weight excluding hydrogens is 393 g/mol. The van der Waals surface area contributed by atoms with Crippen molar-refractivity contribution in [2.24, 2.45) is 0 Å². The van der Waals surface area contributed by atoms with Crippen LogP contribution in [-0.4, -0.2) is 17.0 Å². The molecule has 102 valence electrons. The second kappa shape index (κ2) is 6.23. The summed E-state index contributed by atoms with van der Waals surface area (Å²) in [5, 5.41) is 11.6. The minimum absolute atomic E-state index is 0.000990. The molecule has 0 aliphatic carbocycles. The maximum absolute atomic E-state index is 12.0. The lowest BCUT2D eigenvalue weighted by molar-refractivity contribution is 0.0697. The standard InChI is InChI=1S/C14H9ClINO3/c15-12-7-10(5-6-11(12)14(19)20)17-13(18)8-1-3-9(16)4-2-8/h1-7H,(H,17,18)(H,19,20). The fourth-order valence-corrected chi connectivity index (χ4v) is 2.19. The number of anilines is 1. The van der Waals surface area contributed by atoms with E-state index < -0.39 is 5.97 Å². The van der Waals surface area contributed by atoms with Crippen LogP contribution in [-0.2, 0) is 0 Å². The highest BCUT2D eigenvalue weighted by Crippen LogP contribution is 2.21. The predicted molar refractivity (Wildman–Crippen MR) is 85.5 cm³/mol. The Balaban J connectivity index is 2.18. The van der Waals surface area contributed by atoms with Crippen LogP contribution in [0.4, 0.5) is 5.69 Å². The molecule has 0 radical (unpaired) electrons. The number of carbonyl (C=O) groups is 2. The summed E-state index contributed by atoms with van der Waals surface area (Å²) in [6.45, 7) is 0. The molecule has 0 fully saturated rings. The Kier molecular flexibility index (Phi) is 4.61. The number of amides is 1. The van der Waals surface area contributed by atoms with Gasteiger partial charge in [0.2, 0.25) is 0 Å². The molecule has 0 saturated carbocycles. The number of carbonyl (C=O) groups excluding carboxylic acids is 1. The van der Waals surface area contributed by atoms with E-state index in [2.05, 4.69) is 27.9 Å². The predicted octanol–water partition coefficient (Wildman–Crippen LogP) is 3.90. The molecule has 0 spiro atoms. The van der Waals surface area contributed by atoms with Gasteiger partial charge in [0.15, 0.2) is 0 Å². The van der Waals surface area contributed by atoms with Crippen LogP contribution in [0.3, 0.4) is 0 Å². The van der Waals surface area contributed by atoms with Gasteiger partial charge in [0.1, 0.15) is 0 Å². The van der Waals surface area contributed by atoms with Gasteiger partial charge in [-0.1, -0.05) is 11.6 Å². The van der Waals surface area contributed by atoms with Crippen LogP contribution in [0.25, 0.3) is 0 Å². The average Bonchev–Trinajstić information content (AvgIpc) is 2.39. The minimum Gasteiger partial charge on any atom is -0.478 e. The summed E-state index contributed by atoms with van der Waals surface area (Å²) in [7, 11) is 0. The number of aromatic carboxylic acids is 1. The van der Waals surface area contributed by atoms with Crippen molar-refractivity contribution in [1.82, 2.24) is 0 Å². The minimum atomic E-state index is -1.11. The van der Waals surface area contributed by atoms with E-state index in [-0.39, 0.29) is 16.5 Å². The molecule has 2 aromatic rings. The summed E-state index contributed by atoms with van der Waals surface area (Å²) in [5.41, 5.74) is 0.964. The van der Waals surface area contributed by atoms with Gasteiger partial charge in [-0.3, -0.25) is 4.79 Å². The summed E-state index contributed by atoms with van der Waals surface area (Å²) in [5.74, 6) is -1.38. The Morgan fingerprint density at radius 1 is 1.10 bits per heavy atom. The first kappa shape index (κ1) is 14.8. The molecule has 0 aliphatic rings. The monoisotopic (exact) mass is 401 g/mol. The van der Waals surface area contributed by atoms with Gasteiger partial charge >= 0.3 is 5.97 Å². The zero-order chi connectivity index (χ0) is 14.7. The van der Waals surface area contributed by atoms with Crippen LogP contribution < -0.4 is 5.32 Å². The zero-order valence-corrected chi connectivity index (χ0v) is 13.0. The number of benzene rings is 2. The van der Waals surface area contributed by atoms with Gasteiger partial charge in [0, 0.05) is 14.8 Å². The highest BCUT2D eigenvalue weighted by atomic mass is 127. The van der Waals surface area contributed by atoms with E-state index in [4.69, 9.17) is 16.7 Å². The summed E-state index contributed by atoms with van der Waals surface area (Å²) in [4.78, 5) is 22.8. The fourth-order valence-electron chi connectivity index (χ4n) is 1.57. The van der Waals surface area contributed by atoms with Crippen LogP contribution in [0.5, 0.6) is 0 Å². The van der Waals surface area contributed by atoms with E-state index in [1.54, 1.807) is 12.1 Å². The van der Waals surface area contributed by atoms with E-state index in [0.717, 1.165) is 3.57 Å². The maximum atomic E-state index is 12.0. The molecular formula is C14H9ClINO3. The van der Waals surface area contributed by atoms with Crippen molar-refractivity contribution in [3.05, 3.63) is 62.2 Å². The molecule has 0 saturated heterocycles. The number of carboxylic acid groups (broad SMARTS) is 1. The number of nitrogens with one attached hydrogen (secondary N) is 1. The Hall–Kier alpha value is -1.60. The van der Waals surface area contributed by atoms with Gasteiger partial charge in [-0.25, -0.2) is 4.79 Å². The van der Waals surface area contributed by atoms with Crippen molar-refractivity contribution >= 4 is 51.8 Å². The summed E-state index contributed by atoms with van der Waals surface area (Å²) >= 11 is 7.99. The number of carboxylic acids is 1. The van der Waals surface area contributed by atoms with Gasteiger partial charge in [0.05, 0.1) is 10.6 Å². The molecule has 20 heavy (non-hydrogen) atoms. The molecule has 0 aromatic heterocycles. The smallest absolute Gasteiger partial charge is 0.337 e. The summed E-state index contributed by atoms with van der Waals surface area (Å²) in [6.07, 6.45) is 0. The van der Waals surface area contributed by atoms with Crippen LogP contribution in [0.1, 0.15) is 20.7 Å². The van der Waals surface area contributed by atoms with Crippen LogP contribution in [0.15, 0.2) is 42.5 Å². The van der Waals surface area contributed by atoms with Crippen molar-refractivity contribution in [2.45, 2.75) is 0 Å². The average molecular weight is 402 g/mol. The third-order valence-corrected chi connectivity index (χ3v) is 3.60. The van der Waals surface area contributed by atoms with Crippen LogP contribution in [0.2, 0.25) is 5.02 Å². The molecule has 2 aromatic carbocycles. The molecule has 0 bridgehead atoms. The third-order valence-electron chi connectivity index (χ3n) is 2.56. The normalized spacial score (nSPS) is 10.1. The molecule has 0 aliphatic heterocycles. The van der Waals surface area contributed by atoms with Crippen LogP contribution >= 0.6 is 34.2 Å². The third kappa shape index (κ3) is 3.49. The Morgan fingerprint density at radius 3 is 2.30 bits per heavy atom. The largest absolute Gasteiger partial charge is 0.478 e. The van der Waals surface area contributed by atoms with E-state index in [1.165, 1.54) is 18.2 Å². The van der Waals surface area contributed by atoms with E-state index in [9.17, 15) is 9.59 Å². The topological polar surface area (TPSA) is 66.4 Å². The van der Waals surface area contributed by atoms with Crippen molar-refractivity contribution in [1.29, 1.82) is 0 Å². The Bertz CT molecular complexity index is 671. The van der Waals surface area contributed by atoms with E-state index in [1.807, 2.05) is 12.1 Å². The Labute approximate surface area is 133 Å². The van der Waals surface area contributed by atoms with Gasteiger partial charge in [-0.2, -0.15) is 0 Å². The quantitative estimate of drug-likeness (QED) is 0.767. The molecule has 0 unspecified atom stereocenters. The number of hydrogen-bond donors (Lipinski definition) is 2. The molecule has 2 N–H and O–H groups in total. The molecule has 6 heteroatoms. The number of halogens is 2. The number of rotatable bonds is 3. The zero-order valence-electron chi connectivity index (χ0n) is 10.1. The molecule has 0 heterocycles. The molecule has 1 amide bonds. The van der Waals surface area contributed by atoms with E-state index in [0.29, 0.717) is 11.3 Å². The SMILES string of the molecule is O=C(Nc1ccc(C(=O)O)c(Cl)c1)c1ccc(I)cc1. The molecule has 0 atom stereocenters. The van der Waals surface area contributed by atoms with Crippen molar-refractivity contribution < 1.29 is 14.7 Å². The first-order chi connectivity index (χ1) is 9.47. The highest BCUT2D eigenvalue weighted by Gasteiger charge is 2.11. The summed E-state index contributed by atoms with van der Waals surface area (Å²) < 4.78 is 1.04. The first-order valence-corrected chi connectivity index (χ1v) is 7.03. The second-order valence-corrected chi connectivity index (χ2v) is 5.61. The lowest BCUT2D eigenvalue weighted by atomic mass is 10.2. The maximum Gasteiger partial charge on any atom is 0.337 e. The van der Waals surface area contributed by atoms with Crippen molar-refractivity contribution in [3.8, 4) is 0 Å². The van der Waals surface area contributed by atoms with Crippen molar-refractivity contribution in [3.63, 3.8) is 0 Å². The Morgan fingerprint density at radius 2 is 1.75 bits per heavy atom. The summed E-state index contributed by atoms with van der Waals surface area (Å²) in [6, 6.07) is 11.4. The van der Waals surface area contributed by atoms with Crippen LogP contribution in [0, 0.1) is 3.57 Å². The molecule has 4 nitrogen and oxygen atoms in total. The fraction of sp³-hybridized carbons (Fsp3) is 0. The lowest BCUT2D eigenvalue weighted by Crippen LogP contribution is -2.12.